The fraction of sp³-hybridized carbons (Fsp3) is 0.478. The summed E-state index contributed by atoms with van der Waals surface area (Å²) in [6, 6.07) is 10.1. The average Bonchev–Trinajstić information content (AvgIpc) is 2.88. The van der Waals surface area contributed by atoms with E-state index in [1.54, 1.807) is 0 Å². The van der Waals surface area contributed by atoms with E-state index in [0.717, 1.165) is 18.4 Å². The Morgan fingerprint density at radius 2 is 1.80 bits per heavy atom. The average molecular weight is 342 g/mol. The predicted octanol–water partition coefficient (Wildman–Crippen LogP) is 7.12. The number of hydrogen-bond donors (Lipinski definition) is 0. The van der Waals surface area contributed by atoms with Gasteiger partial charge in [-0.2, -0.15) is 0 Å². The van der Waals surface area contributed by atoms with Crippen LogP contribution in [0.4, 0.5) is 8.78 Å². The first kappa shape index (κ1) is 18.1. The third-order valence-electron chi connectivity index (χ3n) is 5.61. The summed E-state index contributed by atoms with van der Waals surface area (Å²) >= 11 is 0. The standard InChI is InChI=1S/C23H28F2/c1-15(2)12-16-7-9-18(20-14-17(24)8-10-22(20)25)19(13-16)21-6-5-11-23(21,3)4/h7-10,13-15,21H,5-6,11-12H2,1-4H3/t21-/m0/s1. The van der Waals surface area contributed by atoms with Crippen LogP contribution in [0.3, 0.4) is 0 Å². The molecule has 0 nitrogen and oxygen atoms in total. The van der Waals surface area contributed by atoms with Gasteiger partial charge in [0.05, 0.1) is 0 Å². The molecule has 0 bridgehead atoms. The van der Waals surface area contributed by atoms with Crippen molar-refractivity contribution in [2.45, 2.75) is 59.3 Å². The summed E-state index contributed by atoms with van der Waals surface area (Å²) in [7, 11) is 0. The fourth-order valence-electron chi connectivity index (χ4n) is 4.35. The molecule has 1 saturated carbocycles. The van der Waals surface area contributed by atoms with Gasteiger partial charge in [-0.1, -0.05) is 52.3 Å². The Morgan fingerprint density at radius 1 is 1.04 bits per heavy atom. The molecule has 25 heavy (non-hydrogen) atoms. The highest BCUT2D eigenvalue weighted by Crippen LogP contribution is 2.51. The monoisotopic (exact) mass is 342 g/mol. The van der Waals surface area contributed by atoms with Crippen LogP contribution in [0, 0.1) is 23.0 Å². The minimum Gasteiger partial charge on any atom is -0.207 e. The summed E-state index contributed by atoms with van der Waals surface area (Å²) in [6.07, 6.45) is 4.49. The smallest absolute Gasteiger partial charge is 0.131 e. The molecule has 1 atom stereocenters. The van der Waals surface area contributed by atoms with Gasteiger partial charge >= 0.3 is 0 Å². The fourth-order valence-corrected chi connectivity index (χ4v) is 4.35. The molecule has 0 unspecified atom stereocenters. The quantitative estimate of drug-likeness (QED) is 0.554. The molecule has 1 aliphatic rings. The Morgan fingerprint density at radius 3 is 2.44 bits per heavy atom. The minimum absolute atomic E-state index is 0.189. The van der Waals surface area contributed by atoms with Crippen LogP contribution in [0.5, 0.6) is 0 Å². The van der Waals surface area contributed by atoms with Gasteiger partial charge in [0.25, 0.3) is 0 Å². The van der Waals surface area contributed by atoms with Crippen LogP contribution in [-0.4, -0.2) is 0 Å². The zero-order valence-corrected chi connectivity index (χ0v) is 15.7. The minimum atomic E-state index is -0.390. The zero-order chi connectivity index (χ0) is 18.2. The van der Waals surface area contributed by atoms with Crippen molar-refractivity contribution in [1.82, 2.24) is 0 Å². The van der Waals surface area contributed by atoms with Crippen LogP contribution in [0.25, 0.3) is 11.1 Å². The lowest BCUT2D eigenvalue weighted by Gasteiger charge is -2.30. The van der Waals surface area contributed by atoms with Crippen molar-refractivity contribution in [3.8, 4) is 11.1 Å². The summed E-state index contributed by atoms with van der Waals surface area (Å²) < 4.78 is 28.2. The van der Waals surface area contributed by atoms with Gasteiger partial charge in [-0.15, -0.1) is 0 Å². The van der Waals surface area contributed by atoms with Crippen molar-refractivity contribution in [2.24, 2.45) is 11.3 Å². The lowest BCUT2D eigenvalue weighted by atomic mass is 9.75. The van der Waals surface area contributed by atoms with Crippen molar-refractivity contribution in [3.05, 3.63) is 59.2 Å². The van der Waals surface area contributed by atoms with E-state index < -0.39 is 0 Å². The molecule has 1 aliphatic carbocycles. The lowest BCUT2D eigenvalue weighted by Crippen LogP contribution is -2.16. The molecular formula is C23H28F2. The second-order valence-electron chi connectivity index (χ2n) is 8.58. The van der Waals surface area contributed by atoms with Gasteiger partial charge in [-0.05, 0) is 71.4 Å². The van der Waals surface area contributed by atoms with Gasteiger partial charge in [0.2, 0.25) is 0 Å². The van der Waals surface area contributed by atoms with Crippen LogP contribution >= 0.6 is 0 Å². The van der Waals surface area contributed by atoms with Crippen LogP contribution in [0.1, 0.15) is 64.0 Å². The van der Waals surface area contributed by atoms with Crippen molar-refractivity contribution in [2.75, 3.05) is 0 Å². The predicted molar refractivity (Wildman–Crippen MR) is 101 cm³/mol. The molecule has 1 fully saturated rings. The van der Waals surface area contributed by atoms with E-state index in [0.29, 0.717) is 17.4 Å². The molecule has 134 valence electrons. The van der Waals surface area contributed by atoms with E-state index in [1.807, 2.05) is 6.07 Å². The Bertz CT molecular complexity index is 759. The summed E-state index contributed by atoms with van der Waals surface area (Å²) in [6.45, 7) is 9.01. The highest BCUT2D eigenvalue weighted by atomic mass is 19.1. The second kappa shape index (κ2) is 6.90. The molecule has 0 heterocycles. The van der Waals surface area contributed by atoms with Crippen molar-refractivity contribution in [3.63, 3.8) is 0 Å². The van der Waals surface area contributed by atoms with E-state index in [1.165, 1.54) is 42.2 Å². The molecule has 0 saturated heterocycles. The summed E-state index contributed by atoms with van der Waals surface area (Å²) in [5, 5.41) is 0. The van der Waals surface area contributed by atoms with Gasteiger partial charge in [-0.25, -0.2) is 8.78 Å². The first-order valence-corrected chi connectivity index (χ1v) is 9.36. The molecule has 0 aliphatic heterocycles. The lowest BCUT2D eigenvalue weighted by molar-refractivity contribution is 0.332. The van der Waals surface area contributed by atoms with Crippen molar-refractivity contribution < 1.29 is 8.78 Å². The number of hydrogen-bond acceptors (Lipinski definition) is 0. The molecule has 0 aromatic heterocycles. The van der Waals surface area contributed by atoms with E-state index in [9.17, 15) is 8.78 Å². The molecule has 2 aromatic rings. The van der Waals surface area contributed by atoms with Gasteiger partial charge < -0.3 is 0 Å². The molecule has 0 spiro atoms. The van der Waals surface area contributed by atoms with E-state index in [-0.39, 0.29) is 17.0 Å². The van der Waals surface area contributed by atoms with Crippen LogP contribution in [-0.2, 0) is 6.42 Å². The van der Waals surface area contributed by atoms with Crippen LogP contribution in [0.2, 0.25) is 0 Å². The zero-order valence-electron chi connectivity index (χ0n) is 15.7. The number of benzene rings is 2. The van der Waals surface area contributed by atoms with Crippen molar-refractivity contribution in [1.29, 1.82) is 0 Å². The largest absolute Gasteiger partial charge is 0.207 e. The molecule has 0 amide bonds. The summed E-state index contributed by atoms with van der Waals surface area (Å²) in [4.78, 5) is 0. The highest BCUT2D eigenvalue weighted by molar-refractivity contribution is 5.69. The maximum Gasteiger partial charge on any atom is 0.131 e. The van der Waals surface area contributed by atoms with Gasteiger partial charge in [0, 0.05) is 5.56 Å². The molecule has 3 rings (SSSR count). The van der Waals surface area contributed by atoms with Gasteiger partial charge in [0.1, 0.15) is 11.6 Å². The first-order valence-electron chi connectivity index (χ1n) is 9.36. The van der Waals surface area contributed by atoms with Crippen LogP contribution < -0.4 is 0 Å². The summed E-state index contributed by atoms with van der Waals surface area (Å²) in [5.41, 5.74) is 3.89. The topological polar surface area (TPSA) is 0 Å². The van der Waals surface area contributed by atoms with Gasteiger partial charge in [0.15, 0.2) is 0 Å². The molecule has 2 aromatic carbocycles. The highest BCUT2D eigenvalue weighted by Gasteiger charge is 2.37. The molecule has 0 N–H and O–H groups in total. The molecule has 2 heteroatoms. The third kappa shape index (κ3) is 3.78. The Kier molecular flexibility index (Phi) is 4.99. The maximum absolute atomic E-state index is 14.5. The van der Waals surface area contributed by atoms with E-state index in [2.05, 4.69) is 39.8 Å². The Hall–Kier alpha value is -1.70. The van der Waals surface area contributed by atoms with Gasteiger partial charge in [-0.3, -0.25) is 0 Å². The van der Waals surface area contributed by atoms with E-state index >= 15 is 0 Å². The maximum atomic E-state index is 14.5. The summed E-state index contributed by atoms with van der Waals surface area (Å²) in [5.74, 6) is 0.216. The second-order valence-corrected chi connectivity index (χ2v) is 8.58. The normalized spacial score (nSPS) is 19.6. The molecular weight excluding hydrogens is 314 g/mol. The van der Waals surface area contributed by atoms with Crippen molar-refractivity contribution >= 4 is 0 Å². The third-order valence-corrected chi connectivity index (χ3v) is 5.61. The number of halogens is 2. The SMILES string of the molecule is CC(C)Cc1ccc(-c2cc(F)ccc2F)c([C@@H]2CCCC2(C)C)c1. The van der Waals surface area contributed by atoms with E-state index in [4.69, 9.17) is 0 Å². The Labute approximate surface area is 150 Å². The Balaban J connectivity index is 2.16. The number of rotatable bonds is 4. The molecule has 0 radical (unpaired) electrons. The van der Waals surface area contributed by atoms with Crippen LogP contribution in [0.15, 0.2) is 36.4 Å². The first-order chi connectivity index (χ1) is 11.8.